The van der Waals surface area contributed by atoms with Crippen LogP contribution in [-0.4, -0.2) is 30.0 Å². The molecule has 62 valence electrons. The Hall–Kier alpha value is -0.450. The van der Waals surface area contributed by atoms with Gasteiger partial charge in [0.25, 0.3) is 0 Å². The first-order valence-electron chi connectivity index (χ1n) is 3.60. The van der Waals surface area contributed by atoms with E-state index in [1.165, 1.54) is 0 Å². The predicted molar refractivity (Wildman–Crippen MR) is 47.5 cm³/mol. The number of nitrogens with two attached hydrogens (primary N) is 1. The zero-order valence-corrected chi connectivity index (χ0v) is 7.47. The first-order chi connectivity index (χ1) is 5.33. The van der Waals surface area contributed by atoms with Crippen molar-refractivity contribution in [3.05, 3.63) is 16.6 Å². The van der Waals surface area contributed by atoms with Gasteiger partial charge in [-0.3, -0.25) is 4.90 Å². The molecule has 0 amide bonds. The van der Waals surface area contributed by atoms with Crippen LogP contribution < -0.4 is 5.73 Å². The lowest BCUT2D eigenvalue weighted by Crippen LogP contribution is -2.24. The first-order valence-corrected chi connectivity index (χ1v) is 4.48. The Kier molecular flexibility index (Phi) is 3.48. The predicted octanol–water partition coefficient (Wildman–Crippen LogP) is 0.534. The molecular formula is C7H13N3S. The average molecular weight is 171 g/mol. The second kappa shape index (κ2) is 4.43. The van der Waals surface area contributed by atoms with E-state index in [2.05, 4.69) is 9.88 Å². The van der Waals surface area contributed by atoms with Crippen LogP contribution in [0, 0.1) is 0 Å². The van der Waals surface area contributed by atoms with Gasteiger partial charge in [-0.25, -0.2) is 4.98 Å². The lowest BCUT2D eigenvalue weighted by Gasteiger charge is -2.12. The second-order valence-electron chi connectivity index (χ2n) is 2.45. The summed E-state index contributed by atoms with van der Waals surface area (Å²) < 4.78 is 0. The molecule has 0 unspecified atom stereocenters. The van der Waals surface area contributed by atoms with Gasteiger partial charge in [0, 0.05) is 24.7 Å². The van der Waals surface area contributed by atoms with E-state index in [-0.39, 0.29) is 0 Å². The highest BCUT2D eigenvalue weighted by molar-refractivity contribution is 7.09. The topological polar surface area (TPSA) is 42.1 Å². The van der Waals surface area contributed by atoms with E-state index in [1.54, 1.807) is 11.3 Å². The highest BCUT2D eigenvalue weighted by Gasteiger charge is 1.99. The van der Waals surface area contributed by atoms with Crippen LogP contribution >= 0.6 is 11.3 Å². The molecule has 0 radical (unpaired) electrons. The van der Waals surface area contributed by atoms with Crippen molar-refractivity contribution >= 4 is 11.3 Å². The molecule has 1 aromatic rings. The van der Waals surface area contributed by atoms with Crippen molar-refractivity contribution in [3.8, 4) is 0 Å². The molecule has 0 saturated heterocycles. The summed E-state index contributed by atoms with van der Waals surface area (Å²) in [4.78, 5) is 6.34. The van der Waals surface area contributed by atoms with Gasteiger partial charge in [0.2, 0.25) is 0 Å². The standard InChI is InChI=1S/C7H13N3S/c1-10(4-2-8)6-7-9-3-5-11-7/h3,5H,2,4,6,8H2,1H3. The van der Waals surface area contributed by atoms with Crippen molar-refractivity contribution in [2.24, 2.45) is 5.73 Å². The van der Waals surface area contributed by atoms with E-state index in [1.807, 2.05) is 18.6 Å². The average Bonchev–Trinajstić information content (AvgIpc) is 2.40. The van der Waals surface area contributed by atoms with E-state index >= 15 is 0 Å². The normalized spacial score (nSPS) is 10.8. The molecule has 2 N–H and O–H groups in total. The highest BCUT2D eigenvalue weighted by Crippen LogP contribution is 2.05. The van der Waals surface area contributed by atoms with E-state index < -0.39 is 0 Å². The molecule has 0 aliphatic heterocycles. The number of likely N-dealkylation sites (N-methyl/N-ethyl adjacent to an activating group) is 1. The third kappa shape index (κ3) is 2.96. The number of aromatic nitrogens is 1. The van der Waals surface area contributed by atoms with Crippen LogP contribution in [0.25, 0.3) is 0 Å². The van der Waals surface area contributed by atoms with E-state index in [0.29, 0.717) is 6.54 Å². The summed E-state index contributed by atoms with van der Waals surface area (Å²) in [5.74, 6) is 0. The van der Waals surface area contributed by atoms with Crippen LogP contribution in [0.5, 0.6) is 0 Å². The molecule has 1 aromatic heterocycles. The molecular weight excluding hydrogens is 158 g/mol. The van der Waals surface area contributed by atoms with Crippen molar-refractivity contribution in [1.29, 1.82) is 0 Å². The molecule has 0 aliphatic carbocycles. The molecule has 1 heterocycles. The Labute approximate surface area is 70.9 Å². The summed E-state index contributed by atoms with van der Waals surface area (Å²) in [5, 5.41) is 3.15. The van der Waals surface area contributed by atoms with Crippen LogP contribution in [-0.2, 0) is 6.54 Å². The summed E-state index contributed by atoms with van der Waals surface area (Å²) >= 11 is 1.68. The largest absolute Gasteiger partial charge is 0.329 e. The monoisotopic (exact) mass is 171 g/mol. The second-order valence-corrected chi connectivity index (χ2v) is 3.43. The summed E-state index contributed by atoms with van der Waals surface area (Å²) in [6.07, 6.45) is 1.83. The van der Waals surface area contributed by atoms with Gasteiger partial charge in [-0.15, -0.1) is 11.3 Å². The lowest BCUT2D eigenvalue weighted by atomic mass is 10.5. The van der Waals surface area contributed by atoms with Crippen LogP contribution in [0.2, 0.25) is 0 Å². The maximum Gasteiger partial charge on any atom is 0.107 e. The SMILES string of the molecule is CN(CCN)Cc1nccs1. The number of hydrogen-bond donors (Lipinski definition) is 1. The van der Waals surface area contributed by atoms with Crippen molar-refractivity contribution in [3.63, 3.8) is 0 Å². The Morgan fingerprint density at radius 3 is 3.09 bits per heavy atom. The third-order valence-electron chi connectivity index (χ3n) is 1.40. The molecule has 0 fully saturated rings. The van der Waals surface area contributed by atoms with E-state index in [4.69, 9.17) is 5.73 Å². The molecule has 0 saturated carbocycles. The Morgan fingerprint density at radius 2 is 2.55 bits per heavy atom. The summed E-state index contributed by atoms with van der Waals surface area (Å²) in [5.41, 5.74) is 5.40. The fraction of sp³-hybridized carbons (Fsp3) is 0.571. The number of nitrogens with zero attached hydrogens (tertiary/aromatic N) is 2. The van der Waals surface area contributed by atoms with E-state index in [9.17, 15) is 0 Å². The molecule has 0 bridgehead atoms. The zero-order chi connectivity index (χ0) is 8.10. The minimum absolute atomic E-state index is 0.710. The van der Waals surface area contributed by atoms with Crippen molar-refractivity contribution in [2.45, 2.75) is 6.54 Å². The van der Waals surface area contributed by atoms with Gasteiger partial charge >= 0.3 is 0 Å². The summed E-state index contributed by atoms with van der Waals surface area (Å²) in [7, 11) is 2.05. The lowest BCUT2D eigenvalue weighted by molar-refractivity contribution is 0.336. The minimum atomic E-state index is 0.710. The minimum Gasteiger partial charge on any atom is -0.329 e. The molecule has 0 aliphatic rings. The quantitative estimate of drug-likeness (QED) is 0.718. The number of hydrogen-bond acceptors (Lipinski definition) is 4. The highest BCUT2D eigenvalue weighted by atomic mass is 32.1. The van der Waals surface area contributed by atoms with Gasteiger partial charge in [0.05, 0.1) is 6.54 Å². The third-order valence-corrected chi connectivity index (χ3v) is 2.16. The van der Waals surface area contributed by atoms with Crippen LogP contribution in [0.15, 0.2) is 11.6 Å². The van der Waals surface area contributed by atoms with Crippen molar-refractivity contribution in [1.82, 2.24) is 9.88 Å². The Bertz CT molecular complexity index is 186. The van der Waals surface area contributed by atoms with E-state index in [0.717, 1.165) is 18.1 Å². The van der Waals surface area contributed by atoms with Gasteiger partial charge < -0.3 is 5.73 Å². The number of thiazole rings is 1. The van der Waals surface area contributed by atoms with Crippen molar-refractivity contribution in [2.75, 3.05) is 20.1 Å². The molecule has 0 spiro atoms. The zero-order valence-electron chi connectivity index (χ0n) is 6.66. The van der Waals surface area contributed by atoms with Crippen LogP contribution in [0.1, 0.15) is 5.01 Å². The van der Waals surface area contributed by atoms with Gasteiger partial charge in [-0.05, 0) is 7.05 Å². The first kappa shape index (κ1) is 8.64. The Morgan fingerprint density at radius 1 is 1.73 bits per heavy atom. The molecule has 11 heavy (non-hydrogen) atoms. The fourth-order valence-corrected chi connectivity index (χ4v) is 1.56. The maximum atomic E-state index is 5.40. The number of rotatable bonds is 4. The van der Waals surface area contributed by atoms with Crippen molar-refractivity contribution < 1.29 is 0 Å². The molecule has 1 rings (SSSR count). The Balaban J connectivity index is 2.31. The fourth-order valence-electron chi connectivity index (χ4n) is 0.861. The van der Waals surface area contributed by atoms with Gasteiger partial charge in [-0.2, -0.15) is 0 Å². The van der Waals surface area contributed by atoms with Gasteiger partial charge in [0.15, 0.2) is 0 Å². The smallest absolute Gasteiger partial charge is 0.107 e. The van der Waals surface area contributed by atoms with Crippen LogP contribution in [0.3, 0.4) is 0 Å². The molecule has 0 aromatic carbocycles. The summed E-state index contributed by atoms with van der Waals surface area (Å²) in [6, 6.07) is 0. The molecule has 0 atom stereocenters. The summed E-state index contributed by atoms with van der Waals surface area (Å²) in [6.45, 7) is 2.55. The molecule has 3 nitrogen and oxygen atoms in total. The van der Waals surface area contributed by atoms with Crippen LogP contribution in [0.4, 0.5) is 0 Å². The maximum absolute atomic E-state index is 5.40. The van der Waals surface area contributed by atoms with Gasteiger partial charge in [0.1, 0.15) is 5.01 Å². The molecule has 4 heteroatoms. The van der Waals surface area contributed by atoms with Gasteiger partial charge in [-0.1, -0.05) is 0 Å².